The number of hydrogen-bond donors (Lipinski definition) is 1. The van der Waals surface area contributed by atoms with Crippen LogP contribution in [0.2, 0.25) is 0 Å². The third-order valence-corrected chi connectivity index (χ3v) is 4.05. The van der Waals surface area contributed by atoms with Crippen LogP contribution in [0.25, 0.3) is 5.69 Å². The number of nitrogens with two attached hydrogens (primary N) is 1. The van der Waals surface area contributed by atoms with E-state index < -0.39 is 0 Å². The maximum Gasteiger partial charge on any atom is 0.274 e. The van der Waals surface area contributed by atoms with Crippen LogP contribution in [0.3, 0.4) is 0 Å². The van der Waals surface area contributed by atoms with Gasteiger partial charge in [0.25, 0.3) is 5.91 Å². The molecule has 0 spiro atoms. The summed E-state index contributed by atoms with van der Waals surface area (Å²) in [5, 5.41) is 4.44. The van der Waals surface area contributed by atoms with Crippen LogP contribution >= 0.6 is 0 Å². The average molecular weight is 334 g/mol. The summed E-state index contributed by atoms with van der Waals surface area (Å²) in [6.45, 7) is 4.59. The lowest BCUT2D eigenvalue weighted by Gasteiger charge is -2.26. The first-order chi connectivity index (χ1) is 12.0. The summed E-state index contributed by atoms with van der Waals surface area (Å²) in [6, 6.07) is 19.2. The molecule has 0 fully saturated rings. The van der Waals surface area contributed by atoms with Crippen molar-refractivity contribution in [2.24, 2.45) is 0 Å². The Morgan fingerprint density at radius 2 is 1.76 bits per heavy atom. The van der Waals surface area contributed by atoms with Crippen molar-refractivity contribution in [3.63, 3.8) is 0 Å². The molecule has 3 aromatic rings. The highest BCUT2D eigenvalue weighted by Crippen LogP contribution is 2.15. The van der Waals surface area contributed by atoms with E-state index in [-0.39, 0.29) is 11.9 Å². The number of hydrogen-bond acceptors (Lipinski definition) is 3. The number of nitrogens with zero attached hydrogens (tertiary/aromatic N) is 3. The van der Waals surface area contributed by atoms with Crippen molar-refractivity contribution in [3.05, 3.63) is 78.1 Å². The Kier molecular flexibility index (Phi) is 4.84. The number of aromatic nitrogens is 2. The Morgan fingerprint density at radius 3 is 2.40 bits per heavy atom. The van der Waals surface area contributed by atoms with E-state index in [9.17, 15) is 4.79 Å². The minimum atomic E-state index is -0.0759. The fourth-order valence-electron chi connectivity index (χ4n) is 2.62. The van der Waals surface area contributed by atoms with E-state index in [2.05, 4.69) is 5.10 Å². The molecule has 1 amide bonds. The van der Waals surface area contributed by atoms with Gasteiger partial charge in [-0.2, -0.15) is 5.10 Å². The van der Waals surface area contributed by atoms with Crippen LogP contribution in [0.1, 0.15) is 29.9 Å². The van der Waals surface area contributed by atoms with Gasteiger partial charge < -0.3 is 10.6 Å². The summed E-state index contributed by atoms with van der Waals surface area (Å²) in [5.41, 5.74) is 8.81. The molecule has 0 aliphatic heterocycles. The van der Waals surface area contributed by atoms with Gasteiger partial charge in [-0.1, -0.05) is 30.3 Å². The fraction of sp³-hybridized carbons (Fsp3) is 0.200. The maximum atomic E-state index is 12.9. The van der Waals surface area contributed by atoms with E-state index in [0.717, 1.165) is 11.3 Å². The van der Waals surface area contributed by atoms with Gasteiger partial charge in [-0.3, -0.25) is 4.79 Å². The molecule has 0 aliphatic rings. The smallest absolute Gasteiger partial charge is 0.274 e. The molecule has 0 atom stereocenters. The van der Waals surface area contributed by atoms with Gasteiger partial charge in [0.15, 0.2) is 5.69 Å². The summed E-state index contributed by atoms with van der Waals surface area (Å²) in [4.78, 5) is 14.7. The van der Waals surface area contributed by atoms with Crippen molar-refractivity contribution < 1.29 is 4.79 Å². The Balaban J connectivity index is 1.82. The molecule has 128 valence electrons. The highest BCUT2D eigenvalue weighted by molar-refractivity contribution is 5.92. The van der Waals surface area contributed by atoms with Crippen molar-refractivity contribution >= 4 is 11.6 Å². The number of anilines is 1. The molecule has 2 aromatic carbocycles. The number of nitrogen functional groups attached to an aromatic ring is 1. The summed E-state index contributed by atoms with van der Waals surface area (Å²) in [5.74, 6) is -0.0759. The maximum absolute atomic E-state index is 12.9. The molecule has 3 rings (SSSR count). The van der Waals surface area contributed by atoms with Crippen LogP contribution < -0.4 is 5.73 Å². The van der Waals surface area contributed by atoms with Gasteiger partial charge in [0.1, 0.15) is 0 Å². The van der Waals surface area contributed by atoms with E-state index in [1.165, 1.54) is 0 Å². The normalized spacial score (nSPS) is 10.8. The van der Waals surface area contributed by atoms with Crippen molar-refractivity contribution in [3.8, 4) is 5.69 Å². The number of carbonyl (C=O) groups is 1. The van der Waals surface area contributed by atoms with Crippen molar-refractivity contribution in [2.45, 2.75) is 26.4 Å². The van der Waals surface area contributed by atoms with Crippen molar-refractivity contribution in [1.82, 2.24) is 14.7 Å². The summed E-state index contributed by atoms with van der Waals surface area (Å²) < 4.78 is 1.69. The molecule has 0 aliphatic carbocycles. The van der Waals surface area contributed by atoms with Gasteiger partial charge in [-0.15, -0.1) is 0 Å². The molecule has 25 heavy (non-hydrogen) atoms. The van der Waals surface area contributed by atoms with E-state index in [4.69, 9.17) is 5.73 Å². The predicted molar refractivity (Wildman–Crippen MR) is 99.4 cm³/mol. The Labute approximate surface area is 147 Å². The minimum absolute atomic E-state index is 0.0759. The summed E-state index contributed by atoms with van der Waals surface area (Å²) in [6.07, 6.45) is 1.79. The fourth-order valence-corrected chi connectivity index (χ4v) is 2.62. The van der Waals surface area contributed by atoms with Gasteiger partial charge in [0.05, 0.1) is 5.69 Å². The third-order valence-electron chi connectivity index (χ3n) is 4.05. The Hall–Kier alpha value is -3.08. The third kappa shape index (κ3) is 3.88. The number of rotatable bonds is 5. The second kappa shape index (κ2) is 7.21. The van der Waals surface area contributed by atoms with Gasteiger partial charge in [0, 0.05) is 24.5 Å². The van der Waals surface area contributed by atoms with Crippen LogP contribution in [0.4, 0.5) is 5.69 Å². The quantitative estimate of drug-likeness (QED) is 0.726. The Morgan fingerprint density at radius 1 is 1.08 bits per heavy atom. The molecule has 1 aromatic heterocycles. The van der Waals surface area contributed by atoms with Crippen LogP contribution in [0, 0.1) is 0 Å². The van der Waals surface area contributed by atoms with E-state index >= 15 is 0 Å². The first-order valence-corrected chi connectivity index (χ1v) is 8.31. The van der Waals surface area contributed by atoms with Crippen LogP contribution in [0.15, 0.2) is 66.9 Å². The first kappa shape index (κ1) is 16.8. The zero-order valence-corrected chi connectivity index (χ0v) is 14.5. The number of carbonyl (C=O) groups excluding carboxylic acids is 1. The Bertz CT molecular complexity index is 838. The topological polar surface area (TPSA) is 64.2 Å². The van der Waals surface area contributed by atoms with Gasteiger partial charge in [-0.25, -0.2) is 4.68 Å². The molecule has 1 heterocycles. The molecule has 0 unspecified atom stereocenters. The zero-order chi connectivity index (χ0) is 17.8. The van der Waals surface area contributed by atoms with Crippen LogP contribution in [-0.2, 0) is 6.54 Å². The summed E-state index contributed by atoms with van der Waals surface area (Å²) in [7, 11) is 0. The highest BCUT2D eigenvalue weighted by atomic mass is 16.2. The standard InChI is InChI=1S/C20H22N4O/c1-15(2)23(14-16-6-4-3-5-7-16)20(25)19-12-13-24(22-19)18-10-8-17(21)9-11-18/h3-13,15H,14,21H2,1-2H3. The van der Waals surface area contributed by atoms with E-state index in [1.807, 2.05) is 73.3 Å². The van der Waals surface area contributed by atoms with E-state index in [0.29, 0.717) is 17.9 Å². The van der Waals surface area contributed by atoms with Crippen molar-refractivity contribution in [1.29, 1.82) is 0 Å². The predicted octanol–water partition coefficient (Wildman–Crippen LogP) is 3.51. The molecule has 5 heteroatoms. The van der Waals surface area contributed by atoms with Gasteiger partial charge in [-0.05, 0) is 49.7 Å². The molecule has 0 bridgehead atoms. The van der Waals surface area contributed by atoms with E-state index in [1.54, 1.807) is 16.9 Å². The lowest BCUT2D eigenvalue weighted by atomic mass is 10.2. The molecule has 0 saturated carbocycles. The second-order valence-electron chi connectivity index (χ2n) is 6.25. The first-order valence-electron chi connectivity index (χ1n) is 8.31. The minimum Gasteiger partial charge on any atom is -0.399 e. The van der Waals surface area contributed by atoms with Crippen molar-refractivity contribution in [2.75, 3.05) is 5.73 Å². The summed E-state index contributed by atoms with van der Waals surface area (Å²) >= 11 is 0. The second-order valence-corrected chi connectivity index (χ2v) is 6.25. The number of benzene rings is 2. The van der Waals surface area contributed by atoms with Gasteiger partial charge >= 0.3 is 0 Å². The molecular formula is C20H22N4O. The lowest BCUT2D eigenvalue weighted by molar-refractivity contribution is 0.0683. The molecule has 0 saturated heterocycles. The number of amides is 1. The van der Waals surface area contributed by atoms with Crippen LogP contribution in [0.5, 0.6) is 0 Å². The highest BCUT2D eigenvalue weighted by Gasteiger charge is 2.21. The molecule has 2 N–H and O–H groups in total. The molecule has 0 radical (unpaired) electrons. The van der Waals surface area contributed by atoms with Gasteiger partial charge in [0.2, 0.25) is 0 Å². The lowest BCUT2D eigenvalue weighted by Crippen LogP contribution is -2.36. The largest absolute Gasteiger partial charge is 0.399 e. The molecular weight excluding hydrogens is 312 g/mol. The average Bonchev–Trinajstić information content (AvgIpc) is 3.10. The molecule has 5 nitrogen and oxygen atoms in total. The van der Waals surface area contributed by atoms with Crippen LogP contribution in [-0.4, -0.2) is 26.6 Å². The SMILES string of the molecule is CC(C)N(Cc1ccccc1)C(=O)c1ccn(-c2ccc(N)cc2)n1. The monoisotopic (exact) mass is 334 g/mol. The zero-order valence-electron chi connectivity index (χ0n) is 14.5.